The molecule has 0 unspecified atom stereocenters. The number of carbonyl (C=O) groups is 1. The SMILES string of the molecule is CCCCCC[C@H](O)[C@@H]1C[C@@H](O)C2=C(CCCC2=O)O1. The van der Waals surface area contributed by atoms with E-state index in [2.05, 4.69) is 6.92 Å². The average molecular weight is 282 g/mol. The molecule has 0 amide bonds. The van der Waals surface area contributed by atoms with Gasteiger partial charge in [-0.05, 0) is 12.8 Å². The Balaban J connectivity index is 1.91. The van der Waals surface area contributed by atoms with Gasteiger partial charge in [-0.1, -0.05) is 32.6 Å². The highest BCUT2D eigenvalue weighted by Gasteiger charge is 2.37. The van der Waals surface area contributed by atoms with Crippen LogP contribution in [0, 0.1) is 0 Å². The summed E-state index contributed by atoms with van der Waals surface area (Å²) in [7, 11) is 0. The predicted molar refractivity (Wildman–Crippen MR) is 76.1 cm³/mol. The van der Waals surface area contributed by atoms with Crippen molar-refractivity contribution in [1.82, 2.24) is 0 Å². The number of aliphatic hydroxyl groups is 2. The fraction of sp³-hybridized carbons (Fsp3) is 0.812. The molecule has 0 bridgehead atoms. The first-order valence-corrected chi connectivity index (χ1v) is 7.92. The van der Waals surface area contributed by atoms with Gasteiger partial charge in [0.15, 0.2) is 5.78 Å². The molecular formula is C16H26O4. The Morgan fingerprint density at radius 1 is 1.30 bits per heavy atom. The van der Waals surface area contributed by atoms with Crippen LogP contribution >= 0.6 is 0 Å². The van der Waals surface area contributed by atoms with Crippen molar-refractivity contribution in [3.05, 3.63) is 11.3 Å². The minimum absolute atomic E-state index is 0.00892. The fourth-order valence-electron chi connectivity index (χ4n) is 3.10. The van der Waals surface area contributed by atoms with E-state index in [1.807, 2.05) is 0 Å². The summed E-state index contributed by atoms with van der Waals surface area (Å²) >= 11 is 0. The van der Waals surface area contributed by atoms with E-state index in [1.165, 1.54) is 12.8 Å². The van der Waals surface area contributed by atoms with Crippen molar-refractivity contribution >= 4 is 5.78 Å². The summed E-state index contributed by atoms with van der Waals surface area (Å²) in [6.45, 7) is 2.16. The third kappa shape index (κ3) is 3.61. The Kier molecular flexibility index (Phi) is 5.61. The maximum atomic E-state index is 11.8. The van der Waals surface area contributed by atoms with Crippen LogP contribution in [0.1, 0.15) is 64.7 Å². The molecule has 2 aliphatic rings. The van der Waals surface area contributed by atoms with Gasteiger partial charge in [0.2, 0.25) is 0 Å². The Hall–Kier alpha value is -0.870. The Morgan fingerprint density at radius 2 is 2.10 bits per heavy atom. The molecule has 4 heteroatoms. The van der Waals surface area contributed by atoms with Gasteiger partial charge in [0.25, 0.3) is 0 Å². The molecule has 114 valence electrons. The summed E-state index contributed by atoms with van der Waals surface area (Å²) in [5, 5.41) is 20.3. The number of ether oxygens (including phenoxy) is 1. The summed E-state index contributed by atoms with van der Waals surface area (Å²) in [6, 6.07) is 0. The highest BCUT2D eigenvalue weighted by molar-refractivity contribution is 5.97. The van der Waals surface area contributed by atoms with Crippen molar-refractivity contribution in [1.29, 1.82) is 0 Å². The van der Waals surface area contributed by atoms with Crippen molar-refractivity contribution in [2.24, 2.45) is 0 Å². The molecule has 1 heterocycles. The van der Waals surface area contributed by atoms with Crippen LogP contribution in [0.5, 0.6) is 0 Å². The number of hydrogen-bond donors (Lipinski definition) is 2. The lowest BCUT2D eigenvalue weighted by atomic mass is 9.86. The molecule has 1 aliphatic carbocycles. The van der Waals surface area contributed by atoms with Crippen LogP contribution in [0.15, 0.2) is 11.3 Å². The van der Waals surface area contributed by atoms with Crippen molar-refractivity contribution in [2.75, 3.05) is 0 Å². The molecule has 0 aromatic heterocycles. The fourth-order valence-corrected chi connectivity index (χ4v) is 3.10. The van der Waals surface area contributed by atoms with Gasteiger partial charge in [0, 0.05) is 19.3 Å². The lowest BCUT2D eigenvalue weighted by Crippen LogP contribution is -2.40. The molecule has 0 saturated heterocycles. The van der Waals surface area contributed by atoms with Gasteiger partial charge in [0.1, 0.15) is 11.9 Å². The zero-order chi connectivity index (χ0) is 14.5. The van der Waals surface area contributed by atoms with E-state index >= 15 is 0 Å². The molecule has 0 aromatic rings. The molecule has 0 spiro atoms. The number of ketones is 1. The lowest BCUT2D eigenvalue weighted by molar-refractivity contribution is -0.120. The van der Waals surface area contributed by atoms with E-state index in [4.69, 9.17) is 4.74 Å². The summed E-state index contributed by atoms with van der Waals surface area (Å²) in [5.41, 5.74) is 0.464. The summed E-state index contributed by atoms with van der Waals surface area (Å²) in [6.07, 6.45) is 5.81. The topological polar surface area (TPSA) is 66.8 Å². The first-order valence-electron chi connectivity index (χ1n) is 7.92. The normalized spacial score (nSPS) is 28.1. The van der Waals surface area contributed by atoms with Crippen LogP contribution in [0.2, 0.25) is 0 Å². The van der Waals surface area contributed by atoms with Gasteiger partial charge in [-0.2, -0.15) is 0 Å². The molecule has 0 saturated carbocycles. The van der Waals surface area contributed by atoms with E-state index in [9.17, 15) is 15.0 Å². The molecular weight excluding hydrogens is 256 g/mol. The van der Waals surface area contributed by atoms with Crippen molar-refractivity contribution in [3.8, 4) is 0 Å². The average Bonchev–Trinajstić information content (AvgIpc) is 2.43. The number of rotatable bonds is 6. The van der Waals surface area contributed by atoms with Crippen molar-refractivity contribution in [2.45, 2.75) is 83.0 Å². The number of hydrogen-bond acceptors (Lipinski definition) is 4. The number of aliphatic hydroxyl groups excluding tert-OH is 2. The second-order valence-corrected chi connectivity index (χ2v) is 5.94. The summed E-state index contributed by atoms with van der Waals surface area (Å²) < 4.78 is 5.80. The van der Waals surface area contributed by atoms with Gasteiger partial charge >= 0.3 is 0 Å². The van der Waals surface area contributed by atoms with Crippen LogP contribution in [0.3, 0.4) is 0 Å². The number of allylic oxidation sites excluding steroid dienone is 1. The number of carbonyl (C=O) groups excluding carboxylic acids is 1. The van der Waals surface area contributed by atoms with Gasteiger partial charge in [-0.15, -0.1) is 0 Å². The predicted octanol–water partition coefficient (Wildman–Crippen LogP) is 2.47. The van der Waals surface area contributed by atoms with E-state index in [0.29, 0.717) is 37.0 Å². The largest absolute Gasteiger partial charge is 0.491 e. The quantitative estimate of drug-likeness (QED) is 0.734. The van der Waals surface area contributed by atoms with Crippen LogP contribution in [0.4, 0.5) is 0 Å². The smallest absolute Gasteiger partial charge is 0.164 e. The first kappa shape index (κ1) is 15.5. The molecule has 0 radical (unpaired) electrons. The second kappa shape index (κ2) is 7.23. The lowest BCUT2D eigenvalue weighted by Gasteiger charge is -2.35. The van der Waals surface area contributed by atoms with Crippen LogP contribution in [-0.4, -0.2) is 34.3 Å². The minimum atomic E-state index is -0.762. The zero-order valence-corrected chi connectivity index (χ0v) is 12.3. The molecule has 0 aromatic carbocycles. The number of unbranched alkanes of at least 4 members (excludes halogenated alkanes) is 3. The maximum Gasteiger partial charge on any atom is 0.164 e. The summed E-state index contributed by atoms with van der Waals surface area (Å²) in [5.74, 6) is 0.632. The van der Waals surface area contributed by atoms with Crippen molar-refractivity contribution < 1.29 is 19.7 Å². The second-order valence-electron chi connectivity index (χ2n) is 5.94. The molecule has 0 fully saturated rings. The third-order valence-electron chi connectivity index (χ3n) is 4.27. The Morgan fingerprint density at radius 3 is 2.85 bits per heavy atom. The number of Topliss-reactive ketones (excluding diaryl/α,β-unsaturated/α-hetero) is 1. The summed E-state index contributed by atoms with van der Waals surface area (Å²) in [4.78, 5) is 11.8. The van der Waals surface area contributed by atoms with Gasteiger partial charge in [-0.3, -0.25) is 4.79 Å². The van der Waals surface area contributed by atoms with Crippen LogP contribution < -0.4 is 0 Å². The molecule has 2 N–H and O–H groups in total. The highest BCUT2D eigenvalue weighted by atomic mass is 16.5. The molecule has 20 heavy (non-hydrogen) atoms. The zero-order valence-electron chi connectivity index (χ0n) is 12.3. The molecule has 2 rings (SSSR count). The molecule has 1 aliphatic heterocycles. The third-order valence-corrected chi connectivity index (χ3v) is 4.27. The minimum Gasteiger partial charge on any atom is -0.491 e. The van der Waals surface area contributed by atoms with Crippen LogP contribution in [0.25, 0.3) is 0 Å². The van der Waals surface area contributed by atoms with E-state index in [-0.39, 0.29) is 11.9 Å². The molecule has 3 atom stereocenters. The van der Waals surface area contributed by atoms with Gasteiger partial charge in [-0.25, -0.2) is 0 Å². The maximum absolute atomic E-state index is 11.8. The Labute approximate surface area is 120 Å². The monoisotopic (exact) mass is 282 g/mol. The standard InChI is InChI=1S/C16H26O4/c1-2-3-4-5-7-11(17)15-10-13(19)16-12(18)8-6-9-14(16)20-15/h11,13,15,17,19H,2-10H2,1H3/t11-,13+,15-/m0/s1. The van der Waals surface area contributed by atoms with Gasteiger partial charge in [0.05, 0.1) is 17.8 Å². The van der Waals surface area contributed by atoms with Crippen molar-refractivity contribution in [3.63, 3.8) is 0 Å². The molecule has 4 nitrogen and oxygen atoms in total. The van der Waals surface area contributed by atoms with E-state index in [1.54, 1.807) is 0 Å². The van der Waals surface area contributed by atoms with Gasteiger partial charge < -0.3 is 14.9 Å². The highest BCUT2D eigenvalue weighted by Crippen LogP contribution is 2.34. The van der Waals surface area contributed by atoms with Crippen LogP contribution in [-0.2, 0) is 9.53 Å². The van der Waals surface area contributed by atoms with E-state index in [0.717, 1.165) is 19.3 Å². The Bertz CT molecular complexity index is 375. The van der Waals surface area contributed by atoms with E-state index < -0.39 is 12.2 Å². The first-order chi connectivity index (χ1) is 9.63.